The first-order valence-corrected chi connectivity index (χ1v) is 9.81. The van der Waals surface area contributed by atoms with Crippen molar-refractivity contribution in [3.05, 3.63) is 76.8 Å². The lowest BCUT2D eigenvalue weighted by molar-refractivity contribution is 0.262. The summed E-state index contributed by atoms with van der Waals surface area (Å²) in [4.78, 5) is 33.3. The van der Waals surface area contributed by atoms with Gasteiger partial charge in [-0.15, -0.1) is 0 Å². The summed E-state index contributed by atoms with van der Waals surface area (Å²) in [5, 5.41) is 5.67. The number of nitrogens with one attached hydrogen (secondary N) is 4. The highest BCUT2D eigenvalue weighted by molar-refractivity contribution is 5.99. The molecule has 0 unspecified atom stereocenters. The predicted molar refractivity (Wildman–Crippen MR) is 121 cm³/mol. The number of H-pyrrole nitrogens is 2. The highest BCUT2D eigenvalue weighted by Gasteiger charge is 2.14. The standard InChI is InChI=1S/C23H23N5O3/c1-23(2,3)14-6-4-7-15(12-14)25-21(29)26-16-8-5-9-17(13-16)31-18-10-11-24-20-19(18)27-22(30)28-20/h4-13H,1-3H3,(H2,25,26,29)(H2,24,27,28,30). The van der Waals surface area contributed by atoms with Gasteiger partial charge in [-0.05, 0) is 35.2 Å². The number of carbonyl (C=O) groups excluding carboxylic acids is 1. The molecule has 4 aromatic rings. The molecule has 0 atom stereocenters. The number of anilines is 2. The Balaban J connectivity index is 1.47. The Hall–Kier alpha value is -4.07. The van der Waals surface area contributed by atoms with Crippen LogP contribution in [0, 0.1) is 0 Å². The number of rotatable bonds is 4. The van der Waals surface area contributed by atoms with Crippen LogP contribution in [0.25, 0.3) is 11.2 Å². The maximum atomic E-state index is 12.5. The summed E-state index contributed by atoms with van der Waals surface area (Å²) in [6, 6.07) is 16.1. The molecule has 0 aliphatic carbocycles. The molecule has 4 rings (SSSR count). The van der Waals surface area contributed by atoms with Crippen molar-refractivity contribution in [2.45, 2.75) is 26.2 Å². The lowest BCUT2D eigenvalue weighted by Gasteiger charge is -2.20. The van der Waals surface area contributed by atoms with E-state index in [2.05, 4.69) is 46.4 Å². The van der Waals surface area contributed by atoms with E-state index >= 15 is 0 Å². The molecule has 2 amide bonds. The number of hydrogen-bond donors (Lipinski definition) is 4. The number of imidazole rings is 1. The number of aromatic amines is 2. The van der Waals surface area contributed by atoms with Crippen LogP contribution in [0.15, 0.2) is 65.6 Å². The molecule has 2 aromatic heterocycles. The van der Waals surface area contributed by atoms with Gasteiger partial charge in [0.2, 0.25) is 0 Å². The molecule has 0 spiro atoms. The second kappa shape index (κ2) is 7.98. The summed E-state index contributed by atoms with van der Waals surface area (Å²) < 4.78 is 5.90. The quantitative estimate of drug-likeness (QED) is 0.375. The molecule has 2 aromatic carbocycles. The number of ether oxygens (including phenoxy) is 1. The largest absolute Gasteiger partial charge is 0.455 e. The van der Waals surface area contributed by atoms with Gasteiger partial charge in [0, 0.05) is 29.7 Å². The molecule has 158 valence electrons. The molecule has 8 heteroatoms. The molecule has 0 radical (unpaired) electrons. The van der Waals surface area contributed by atoms with Gasteiger partial charge in [-0.3, -0.25) is 4.98 Å². The van der Waals surface area contributed by atoms with Crippen molar-refractivity contribution in [3.63, 3.8) is 0 Å². The summed E-state index contributed by atoms with van der Waals surface area (Å²) in [6.45, 7) is 6.37. The summed E-state index contributed by atoms with van der Waals surface area (Å²) in [6.07, 6.45) is 1.54. The van der Waals surface area contributed by atoms with Crippen molar-refractivity contribution in [2.75, 3.05) is 10.6 Å². The molecule has 2 heterocycles. The van der Waals surface area contributed by atoms with E-state index in [4.69, 9.17) is 4.74 Å². The first-order valence-electron chi connectivity index (χ1n) is 9.81. The van der Waals surface area contributed by atoms with E-state index in [1.165, 1.54) is 0 Å². The van der Waals surface area contributed by atoms with Gasteiger partial charge in [-0.1, -0.05) is 39.0 Å². The van der Waals surface area contributed by atoms with Gasteiger partial charge >= 0.3 is 11.7 Å². The predicted octanol–water partition coefficient (Wildman–Crippen LogP) is 4.99. The lowest BCUT2D eigenvalue weighted by Crippen LogP contribution is -2.20. The van der Waals surface area contributed by atoms with E-state index in [-0.39, 0.29) is 17.1 Å². The fraction of sp³-hybridized carbons (Fsp3) is 0.174. The number of pyridine rings is 1. The average Bonchev–Trinajstić information content (AvgIpc) is 3.09. The van der Waals surface area contributed by atoms with Gasteiger partial charge in [0.1, 0.15) is 11.3 Å². The zero-order valence-electron chi connectivity index (χ0n) is 17.4. The number of hydrogen-bond acceptors (Lipinski definition) is 4. The van der Waals surface area contributed by atoms with Gasteiger partial charge in [0.05, 0.1) is 0 Å². The van der Waals surface area contributed by atoms with Crippen LogP contribution in [-0.2, 0) is 5.41 Å². The summed E-state index contributed by atoms with van der Waals surface area (Å²) >= 11 is 0. The Morgan fingerprint density at radius 1 is 0.968 bits per heavy atom. The van der Waals surface area contributed by atoms with Crippen LogP contribution >= 0.6 is 0 Å². The zero-order chi connectivity index (χ0) is 22.0. The Bertz CT molecular complexity index is 1300. The van der Waals surface area contributed by atoms with Crippen LogP contribution in [0.1, 0.15) is 26.3 Å². The maximum Gasteiger partial charge on any atom is 0.325 e. The normalized spacial score (nSPS) is 11.3. The SMILES string of the molecule is CC(C)(C)c1cccc(NC(=O)Nc2cccc(Oc3ccnc4[nH]c(=O)[nH]c34)c2)c1. The molecule has 4 N–H and O–H groups in total. The van der Waals surface area contributed by atoms with Crippen molar-refractivity contribution in [1.82, 2.24) is 15.0 Å². The van der Waals surface area contributed by atoms with Gasteiger partial charge < -0.3 is 20.4 Å². The highest BCUT2D eigenvalue weighted by Crippen LogP contribution is 2.28. The number of carbonyl (C=O) groups is 1. The van der Waals surface area contributed by atoms with Crippen molar-refractivity contribution in [2.24, 2.45) is 0 Å². The van der Waals surface area contributed by atoms with E-state index < -0.39 is 0 Å². The minimum absolute atomic E-state index is 0.0119. The Morgan fingerprint density at radius 2 is 1.68 bits per heavy atom. The number of aromatic nitrogens is 3. The first-order chi connectivity index (χ1) is 14.8. The van der Waals surface area contributed by atoms with Crippen molar-refractivity contribution in [1.29, 1.82) is 0 Å². The van der Waals surface area contributed by atoms with Crippen LogP contribution in [0.2, 0.25) is 0 Å². The van der Waals surface area contributed by atoms with Gasteiger partial charge in [0.25, 0.3) is 0 Å². The second-order valence-corrected chi connectivity index (χ2v) is 8.15. The third-order valence-corrected chi connectivity index (χ3v) is 4.69. The molecule has 31 heavy (non-hydrogen) atoms. The van der Waals surface area contributed by atoms with Crippen LogP contribution in [0.5, 0.6) is 11.5 Å². The van der Waals surface area contributed by atoms with Gasteiger partial charge in [0.15, 0.2) is 11.4 Å². The fourth-order valence-corrected chi connectivity index (χ4v) is 3.12. The molecule has 0 aliphatic heterocycles. The number of benzene rings is 2. The van der Waals surface area contributed by atoms with Gasteiger partial charge in [-0.25, -0.2) is 14.6 Å². The number of amides is 2. The molecule has 0 fully saturated rings. The van der Waals surface area contributed by atoms with E-state index in [0.29, 0.717) is 34.0 Å². The molecule has 8 nitrogen and oxygen atoms in total. The first kappa shape index (κ1) is 20.2. The molecular formula is C23H23N5O3. The third kappa shape index (κ3) is 4.75. The zero-order valence-corrected chi connectivity index (χ0v) is 17.4. The Labute approximate surface area is 178 Å². The molecule has 0 bridgehead atoms. The smallest absolute Gasteiger partial charge is 0.325 e. The van der Waals surface area contributed by atoms with E-state index in [9.17, 15) is 9.59 Å². The average molecular weight is 417 g/mol. The summed E-state index contributed by atoms with van der Waals surface area (Å²) in [5.41, 5.74) is 2.93. The second-order valence-electron chi connectivity index (χ2n) is 8.15. The molecule has 0 saturated carbocycles. The van der Waals surface area contributed by atoms with Crippen LogP contribution in [-0.4, -0.2) is 21.0 Å². The minimum Gasteiger partial charge on any atom is -0.455 e. The van der Waals surface area contributed by atoms with E-state index in [1.54, 1.807) is 36.5 Å². The molecule has 0 saturated heterocycles. The number of nitrogens with zero attached hydrogens (tertiary/aromatic N) is 1. The highest BCUT2D eigenvalue weighted by atomic mass is 16.5. The van der Waals surface area contributed by atoms with Gasteiger partial charge in [-0.2, -0.15) is 0 Å². The topological polar surface area (TPSA) is 112 Å². The maximum absolute atomic E-state index is 12.5. The number of urea groups is 1. The van der Waals surface area contributed by atoms with Crippen LogP contribution in [0.3, 0.4) is 0 Å². The Kier molecular flexibility index (Phi) is 5.21. The molecular weight excluding hydrogens is 394 g/mol. The monoisotopic (exact) mass is 417 g/mol. The third-order valence-electron chi connectivity index (χ3n) is 4.69. The molecule has 0 aliphatic rings. The fourth-order valence-electron chi connectivity index (χ4n) is 3.12. The van der Waals surface area contributed by atoms with Crippen molar-refractivity contribution in [3.8, 4) is 11.5 Å². The Morgan fingerprint density at radius 3 is 2.42 bits per heavy atom. The minimum atomic E-state index is -0.360. The van der Waals surface area contributed by atoms with Crippen LogP contribution in [0.4, 0.5) is 16.2 Å². The van der Waals surface area contributed by atoms with Crippen molar-refractivity contribution >= 4 is 28.6 Å². The summed E-state index contributed by atoms with van der Waals surface area (Å²) in [7, 11) is 0. The van der Waals surface area contributed by atoms with E-state index in [1.807, 2.05) is 24.3 Å². The van der Waals surface area contributed by atoms with Crippen molar-refractivity contribution < 1.29 is 9.53 Å². The van der Waals surface area contributed by atoms with Crippen LogP contribution < -0.4 is 21.1 Å². The number of fused-ring (bicyclic) bond motifs is 1. The summed E-state index contributed by atoms with van der Waals surface area (Å²) in [5.74, 6) is 0.950. The lowest BCUT2D eigenvalue weighted by atomic mass is 9.87. The van der Waals surface area contributed by atoms with E-state index in [0.717, 1.165) is 5.56 Å².